The van der Waals surface area contributed by atoms with Gasteiger partial charge in [-0.15, -0.1) is 0 Å². The van der Waals surface area contributed by atoms with Crippen LogP contribution in [-0.2, 0) is 11.8 Å². The molecular formula is C16H25N3O2. The van der Waals surface area contributed by atoms with Gasteiger partial charge in [0.25, 0.3) is 0 Å². The molecule has 116 valence electrons. The monoisotopic (exact) mass is 291 g/mol. The number of aromatic nitrogens is 2. The van der Waals surface area contributed by atoms with Crippen molar-refractivity contribution >= 4 is 12.0 Å². The van der Waals surface area contributed by atoms with E-state index in [1.54, 1.807) is 6.08 Å². The third kappa shape index (κ3) is 3.73. The highest BCUT2D eigenvalue weighted by Gasteiger charge is 2.26. The zero-order valence-electron chi connectivity index (χ0n) is 13.4. The smallest absolute Gasteiger partial charge is 0.246 e. The van der Waals surface area contributed by atoms with E-state index in [0.29, 0.717) is 19.5 Å². The van der Waals surface area contributed by atoms with Gasteiger partial charge in [-0.1, -0.05) is 0 Å². The van der Waals surface area contributed by atoms with Crippen molar-refractivity contribution in [3.63, 3.8) is 0 Å². The molecular weight excluding hydrogens is 266 g/mol. The summed E-state index contributed by atoms with van der Waals surface area (Å²) in [6.07, 6.45) is 5.70. The van der Waals surface area contributed by atoms with Crippen molar-refractivity contribution in [3.05, 3.63) is 23.0 Å². The molecule has 0 aromatic carbocycles. The highest BCUT2D eigenvalue weighted by Crippen LogP contribution is 2.21. The van der Waals surface area contributed by atoms with E-state index in [9.17, 15) is 9.90 Å². The molecule has 0 aliphatic carbocycles. The molecule has 1 amide bonds. The van der Waals surface area contributed by atoms with E-state index in [4.69, 9.17) is 0 Å². The topological polar surface area (TPSA) is 58.4 Å². The Bertz CT molecular complexity index is 558. The second kappa shape index (κ2) is 6.02. The third-order valence-electron chi connectivity index (χ3n) is 4.33. The molecule has 1 aliphatic heterocycles. The van der Waals surface area contributed by atoms with Gasteiger partial charge in [0.1, 0.15) is 0 Å². The maximum Gasteiger partial charge on any atom is 0.246 e. The van der Waals surface area contributed by atoms with Gasteiger partial charge in [0.05, 0.1) is 11.3 Å². The first kappa shape index (κ1) is 15.8. The zero-order chi connectivity index (χ0) is 15.6. The lowest BCUT2D eigenvalue weighted by Gasteiger charge is -2.21. The molecule has 0 spiro atoms. The quantitative estimate of drug-likeness (QED) is 0.846. The lowest BCUT2D eigenvalue weighted by atomic mass is 9.98. The number of amides is 1. The molecule has 5 heteroatoms. The van der Waals surface area contributed by atoms with Gasteiger partial charge in [0.15, 0.2) is 0 Å². The van der Waals surface area contributed by atoms with E-state index in [0.717, 1.165) is 29.8 Å². The van der Waals surface area contributed by atoms with Crippen LogP contribution >= 0.6 is 0 Å². The van der Waals surface area contributed by atoms with Crippen molar-refractivity contribution in [2.45, 2.75) is 45.6 Å². The summed E-state index contributed by atoms with van der Waals surface area (Å²) in [4.78, 5) is 14.1. The van der Waals surface area contributed by atoms with Gasteiger partial charge in [-0.25, -0.2) is 0 Å². The Morgan fingerprint density at radius 3 is 2.67 bits per heavy atom. The molecule has 1 saturated heterocycles. The summed E-state index contributed by atoms with van der Waals surface area (Å²) in [6, 6.07) is 0. The average Bonchev–Trinajstić information content (AvgIpc) is 2.56. The van der Waals surface area contributed by atoms with E-state index in [1.807, 2.05) is 43.5 Å². The van der Waals surface area contributed by atoms with Crippen LogP contribution in [0.1, 0.15) is 43.1 Å². The van der Waals surface area contributed by atoms with Gasteiger partial charge < -0.3 is 10.0 Å². The van der Waals surface area contributed by atoms with Crippen LogP contribution in [0.4, 0.5) is 0 Å². The van der Waals surface area contributed by atoms with E-state index in [-0.39, 0.29) is 5.91 Å². The van der Waals surface area contributed by atoms with E-state index in [2.05, 4.69) is 5.10 Å². The number of nitrogens with zero attached hydrogens (tertiary/aromatic N) is 3. The molecule has 1 aromatic rings. The minimum Gasteiger partial charge on any atom is -0.390 e. The standard InChI is InChI=1S/C16H25N3O2/c1-12-14(13(2)18(4)17-12)6-7-15(20)19-10-5-8-16(3,21)9-11-19/h6-7,21H,5,8-11H2,1-4H3/b7-6+. The van der Waals surface area contributed by atoms with Gasteiger partial charge >= 0.3 is 0 Å². The molecule has 1 aliphatic rings. The fourth-order valence-electron chi connectivity index (χ4n) is 2.77. The Kier molecular flexibility index (Phi) is 4.52. The molecule has 1 N–H and O–H groups in total. The molecule has 1 atom stereocenters. The second-order valence-electron chi connectivity index (χ2n) is 6.22. The number of carbonyl (C=O) groups excluding carboxylic acids is 1. The Morgan fingerprint density at radius 2 is 2.05 bits per heavy atom. The molecule has 2 rings (SSSR count). The summed E-state index contributed by atoms with van der Waals surface area (Å²) >= 11 is 0. The number of aryl methyl sites for hydroxylation is 2. The minimum absolute atomic E-state index is 0.00959. The molecule has 1 fully saturated rings. The van der Waals surface area contributed by atoms with Crippen LogP contribution in [-0.4, -0.2) is 44.4 Å². The number of hydrogen-bond acceptors (Lipinski definition) is 3. The van der Waals surface area contributed by atoms with Crippen molar-refractivity contribution in [2.24, 2.45) is 7.05 Å². The van der Waals surface area contributed by atoms with Gasteiger partial charge in [-0.2, -0.15) is 5.10 Å². The Hall–Kier alpha value is -1.62. The Balaban J connectivity index is 2.05. The first-order valence-electron chi connectivity index (χ1n) is 7.50. The van der Waals surface area contributed by atoms with Crippen LogP contribution in [0.2, 0.25) is 0 Å². The van der Waals surface area contributed by atoms with Crippen molar-refractivity contribution in [1.82, 2.24) is 14.7 Å². The number of aliphatic hydroxyl groups is 1. The molecule has 1 unspecified atom stereocenters. The highest BCUT2D eigenvalue weighted by atomic mass is 16.3. The van der Waals surface area contributed by atoms with Crippen molar-refractivity contribution < 1.29 is 9.90 Å². The summed E-state index contributed by atoms with van der Waals surface area (Å²) in [5, 5.41) is 14.4. The summed E-state index contributed by atoms with van der Waals surface area (Å²) < 4.78 is 1.82. The first-order valence-corrected chi connectivity index (χ1v) is 7.50. The van der Waals surface area contributed by atoms with Crippen LogP contribution in [0.5, 0.6) is 0 Å². The average molecular weight is 291 g/mol. The molecule has 0 saturated carbocycles. The maximum absolute atomic E-state index is 12.3. The number of hydrogen-bond donors (Lipinski definition) is 1. The zero-order valence-corrected chi connectivity index (χ0v) is 13.4. The normalized spacial score (nSPS) is 23.6. The predicted molar refractivity (Wildman–Crippen MR) is 82.8 cm³/mol. The largest absolute Gasteiger partial charge is 0.390 e. The lowest BCUT2D eigenvalue weighted by molar-refractivity contribution is -0.126. The summed E-state index contributed by atoms with van der Waals surface area (Å²) in [6.45, 7) is 7.11. The van der Waals surface area contributed by atoms with E-state index >= 15 is 0 Å². The Morgan fingerprint density at radius 1 is 1.33 bits per heavy atom. The minimum atomic E-state index is -0.644. The van der Waals surface area contributed by atoms with Gasteiger partial charge in [0, 0.05) is 37.5 Å². The van der Waals surface area contributed by atoms with Crippen LogP contribution in [0, 0.1) is 13.8 Å². The molecule has 2 heterocycles. The molecule has 0 bridgehead atoms. The fourth-order valence-corrected chi connectivity index (χ4v) is 2.77. The highest BCUT2D eigenvalue weighted by molar-refractivity contribution is 5.92. The SMILES string of the molecule is Cc1nn(C)c(C)c1/C=C/C(=O)N1CCCC(C)(O)CC1. The summed E-state index contributed by atoms with van der Waals surface area (Å²) in [5.41, 5.74) is 2.34. The lowest BCUT2D eigenvalue weighted by Crippen LogP contribution is -2.32. The molecule has 1 aromatic heterocycles. The van der Waals surface area contributed by atoms with Crippen molar-refractivity contribution in [3.8, 4) is 0 Å². The fraction of sp³-hybridized carbons (Fsp3) is 0.625. The summed E-state index contributed by atoms with van der Waals surface area (Å²) in [5.74, 6) is 0.00959. The first-order chi connectivity index (χ1) is 9.80. The van der Waals surface area contributed by atoms with Crippen molar-refractivity contribution in [2.75, 3.05) is 13.1 Å². The number of rotatable bonds is 2. The van der Waals surface area contributed by atoms with E-state index in [1.165, 1.54) is 0 Å². The number of likely N-dealkylation sites (tertiary alicyclic amines) is 1. The Labute approximate surface area is 126 Å². The summed E-state index contributed by atoms with van der Waals surface area (Å²) in [7, 11) is 1.90. The van der Waals surface area contributed by atoms with Crippen LogP contribution in [0.15, 0.2) is 6.08 Å². The second-order valence-corrected chi connectivity index (χ2v) is 6.22. The predicted octanol–water partition coefficient (Wildman–Crippen LogP) is 1.81. The van der Waals surface area contributed by atoms with Gasteiger partial charge in [-0.3, -0.25) is 9.48 Å². The van der Waals surface area contributed by atoms with Crippen molar-refractivity contribution in [1.29, 1.82) is 0 Å². The van der Waals surface area contributed by atoms with Gasteiger partial charge in [0.2, 0.25) is 5.91 Å². The van der Waals surface area contributed by atoms with Crippen LogP contribution < -0.4 is 0 Å². The van der Waals surface area contributed by atoms with Crippen LogP contribution in [0.25, 0.3) is 6.08 Å². The molecule has 0 radical (unpaired) electrons. The van der Waals surface area contributed by atoms with E-state index < -0.39 is 5.60 Å². The van der Waals surface area contributed by atoms with Crippen LogP contribution in [0.3, 0.4) is 0 Å². The van der Waals surface area contributed by atoms with Gasteiger partial charge in [-0.05, 0) is 46.1 Å². The number of carbonyl (C=O) groups is 1. The molecule has 21 heavy (non-hydrogen) atoms. The molecule has 5 nitrogen and oxygen atoms in total. The third-order valence-corrected chi connectivity index (χ3v) is 4.33. The maximum atomic E-state index is 12.3.